The van der Waals surface area contributed by atoms with Gasteiger partial charge in [-0.3, -0.25) is 5.32 Å². The lowest BCUT2D eigenvalue weighted by Crippen LogP contribution is -2.27. The number of aliphatic hydroxyl groups is 1. The molecule has 2 N–H and O–H groups in total. The van der Waals surface area contributed by atoms with Crippen LogP contribution < -0.4 is 5.32 Å². The topological polar surface area (TPSA) is 32.3 Å². The standard InChI is InChI=1S/C14H16FNOS/c1-9(2)16-14(17)13-8-7-12(18-13)10-3-5-11(15)6-4-10/h3-9,14,16-17H,1-2H3. The van der Waals surface area contributed by atoms with E-state index in [9.17, 15) is 9.50 Å². The fraction of sp³-hybridized carbons (Fsp3) is 0.286. The molecule has 0 fully saturated rings. The maximum absolute atomic E-state index is 12.8. The van der Waals surface area contributed by atoms with Crippen LogP contribution in [0.2, 0.25) is 0 Å². The Kier molecular flexibility index (Phi) is 4.11. The summed E-state index contributed by atoms with van der Waals surface area (Å²) in [5.74, 6) is -0.239. The highest BCUT2D eigenvalue weighted by Gasteiger charge is 2.11. The highest BCUT2D eigenvalue weighted by molar-refractivity contribution is 7.15. The maximum atomic E-state index is 12.8. The molecule has 0 amide bonds. The van der Waals surface area contributed by atoms with E-state index in [0.717, 1.165) is 15.3 Å². The molecule has 0 spiro atoms. The van der Waals surface area contributed by atoms with E-state index in [1.165, 1.54) is 23.5 Å². The van der Waals surface area contributed by atoms with Crippen LogP contribution in [0, 0.1) is 5.82 Å². The minimum absolute atomic E-state index is 0.219. The summed E-state index contributed by atoms with van der Waals surface area (Å²) in [6, 6.07) is 10.4. The largest absolute Gasteiger partial charge is 0.373 e. The van der Waals surface area contributed by atoms with Crippen molar-refractivity contribution < 1.29 is 9.50 Å². The van der Waals surface area contributed by atoms with Crippen molar-refractivity contribution in [3.05, 3.63) is 47.1 Å². The van der Waals surface area contributed by atoms with Gasteiger partial charge in [-0.25, -0.2) is 4.39 Å². The first kappa shape index (κ1) is 13.2. The molecule has 1 aromatic heterocycles. The van der Waals surface area contributed by atoms with E-state index in [0.29, 0.717) is 0 Å². The highest BCUT2D eigenvalue weighted by atomic mass is 32.1. The molecule has 0 aliphatic rings. The molecule has 2 rings (SSSR count). The Hall–Kier alpha value is -1.23. The number of hydrogen-bond donors (Lipinski definition) is 2. The molecule has 0 aliphatic heterocycles. The minimum atomic E-state index is -0.649. The summed E-state index contributed by atoms with van der Waals surface area (Å²) in [6.07, 6.45) is -0.649. The van der Waals surface area contributed by atoms with Gasteiger partial charge in [0.25, 0.3) is 0 Å². The molecule has 4 heteroatoms. The van der Waals surface area contributed by atoms with E-state index >= 15 is 0 Å². The van der Waals surface area contributed by atoms with Gasteiger partial charge in [0.2, 0.25) is 0 Å². The molecular weight excluding hydrogens is 249 g/mol. The van der Waals surface area contributed by atoms with Crippen LogP contribution in [-0.2, 0) is 0 Å². The molecule has 0 aliphatic carbocycles. The van der Waals surface area contributed by atoms with Gasteiger partial charge < -0.3 is 5.11 Å². The lowest BCUT2D eigenvalue weighted by molar-refractivity contribution is 0.132. The average molecular weight is 265 g/mol. The zero-order chi connectivity index (χ0) is 13.1. The molecular formula is C14H16FNOS. The van der Waals surface area contributed by atoms with Crippen LogP contribution in [0.25, 0.3) is 10.4 Å². The molecule has 1 aromatic carbocycles. The normalized spacial score (nSPS) is 12.9. The second-order valence-corrected chi connectivity index (χ2v) is 5.55. The van der Waals surface area contributed by atoms with Crippen molar-refractivity contribution in [3.8, 4) is 10.4 Å². The third kappa shape index (κ3) is 3.16. The molecule has 1 atom stereocenters. The van der Waals surface area contributed by atoms with E-state index in [1.807, 2.05) is 26.0 Å². The molecule has 1 unspecified atom stereocenters. The number of halogens is 1. The van der Waals surface area contributed by atoms with Crippen molar-refractivity contribution in [2.24, 2.45) is 0 Å². The first-order valence-corrected chi connectivity index (χ1v) is 6.67. The third-order valence-electron chi connectivity index (χ3n) is 2.52. The smallest absolute Gasteiger partial charge is 0.140 e. The fourth-order valence-corrected chi connectivity index (χ4v) is 2.63. The fourth-order valence-electron chi connectivity index (χ4n) is 1.67. The van der Waals surface area contributed by atoms with Crippen LogP contribution >= 0.6 is 11.3 Å². The zero-order valence-electron chi connectivity index (χ0n) is 10.4. The van der Waals surface area contributed by atoms with Crippen molar-refractivity contribution in [1.29, 1.82) is 0 Å². The summed E-state index contributed by atoms with van der Waals surface area (Å²) in [5.41, 5.74) is 0.962. The van der Waals surface area contributed by atoms with Gasteiger partial charge in [0.05, 0.1) is 0 Å². The van der Waals surface area contributed by atoms with Crippen molar-refractivity contribution in [3.63, 3.8) is 0 Å². The van der Waals surface area contributed by atoms with Gasteiger partial charge >= 0.3 is 0 Å². The number of thiophene rings is 1. The molecule has 0 saturated carbocycles. The molecule has 2 aromatic rings. The van der Waals surface area contributed by atoms with Gasteiger partial charge in [-0.1, -0.05) is 12.1 Å². The van der Waals surface area contributed by atoms with Gasteiger partial charge in [0.1, 0.15) is 12.0 Å². The first-order chi connectivity index (χ1) is 8.56. The summed E-state index contributed by atoms with van der Waals surface area (Å²) in [7, 11) is 0. The average Bonchev–Trinajstić information content (AvgIpc) is 2.78. The van der Waals surface area contributed by atoms with Gasteiger partial charge in [0.15, 0.2) is 0 Å². The quantitative estimate of drug-likeness (QED) is 0.829. The Balaban J connectivity index is 2.17. The molecule has 96 valence electrons. The Morgan fingerprint density at radius 1 is 1.11 bits per heavy atom. The predicted molar refractivity (Wildman–Crippen MR) is 72.9 cm³/mol. The monoisotopic (exact) mass is 265 g/mol. The molecule has 1 heterocycles. The summed E-state index contributed by atoms with van der Waals surface area (Å²) in [4.78, 5) is 1.89. The second kappa shape index (κ2) is 5.61. The molecule has 2 nitrogen and oxygen atoms in total. The van der Waals surface area contributed by atoms with Crippen LogP contribution in [0.4, 0.5) is 4.39 Å². The highest BCUT2D eigenvalue weighted by Crippen LogP contribution is 2.30. The van der Waals surface area contributed by atoms with Gasteiger partial charge in [-0.05, 0) is 43.7 Å². The van der Waals surface area contributed by atoms with E-state index in [4.69, 9.17) is 0 Å². The Morgan fingerprint density at radius 2 is 1.78 bits per heavy atom. The maximum Gasteiger partial charge on any atom is 0.140 e. The summed E-state index contributed by atoms with van der Waals surface area (Å²) in [6.45, 7) is 3.97. The van der Waals surface area contributed by atoms with Crippen LogP contribution in [0.3, 0.4) is 0 Å². The number of hydrogen-bond acceptors (Lipinski definition) is 3. The first-order valence-electron chi connectivity index (χ1n) is 5.86. The third-order valence-corrected chi connectivity index (χ3v) is 3.70. The lowest BCUT2D eigenvalue weighted by Gasteiger charge is -2.13. The molecule has 0 bridgehead atoms. The zero-order valence-corrected chi connectivity index (χ0v) is 11.2. The Morgan fingerprint density at radius 3 is 2.39 bits per heavy atom. The van der Waals surface area contributed by atoms with Gasteiger partial charge in [0, 0.05) is 15.8 Å². The van der Waals surface area contributed by atoms with Crippen LogP contribution in [0.15, 0.2) is 36.4 Å². The number of rotatable bonds is 4. The second-order valence-electron chi connectivity index (χ2n) is 4.43. The number of nitrogens with one attached hydrogen (secondary N) is 1. The number of benzene rings is 1. The molecule has 18 heavy (non-hydrogen) atoms. The molecule has 0 saturated heterocycles. The lowest BCUT2D eigenvalue weighted by atomic mass is 10.2. The predicted octanol–water partition coefficient (Wildman–Crippen LogP) is 3.54. The summed E-state index contributed by atoms with van der Waals surface area (Å²) < 4.78 is 12.8. The SMILES string of the molecule is CC(C)NC(O)c1ccc(-c2ccc(F)cc2)s1. The summed E-state index contributed by atoms with van der Waals surface area (Å²) >= 11 is 1.51. The van der Waals surface area contributed by atoms with Crippen molar-refractivity contribution in [1.82, 2.24) is 5.32 Å². The van der Waals surface area contributed by atoms with Gasteiger partial charge in [-0.15, -0.1) is 11.3 Å². The summed E-state index contributed by atoms with van der Waals surface area (Å²) in [5, 5.41) is 13.0. The van der Waals surface area contributed by atoms with E-state index in [-0.39, 0.29) is 11.9 Å². The Bertz CT molecular complexity index is 507. The van der Waals surface area contributed by atoms with E-state index < -0.39 is 6.23 Å². The van der Waals surface area contributed by atoms with Gasteiger partial charge in [-0.2, -0.15) is 0 Å². The van der Waals surface area contributed by atoms with Crippen LogP contribution in [0.5, 0.6) is 0 Å². The van der Waals surface area contributed by atoms with E-state index in [1.54, 1.807) is 12.1 Å². The minimum Gasteiger partial charge on any atom is -0.373 e. The van der Waals surface area contributed by atoms with E-state index in [2.05, 4.69) is 5.32 Å². The van der Waals surface area contributed by atoms with Crippen molar-refractivity contribution in [2.75, 3.05) is 0 Å². The molecule has 0 radical (unpaired) electrons. The van der Waals surface area contributed by atoms with Crippen LogP contribution in [-0.4, -0.2) is 11.1 Å². The van der Waals surface area contributed by atoms with Crippen molar-refractivity contribution >= 4 is 11.3 Å². The van der Waals surface area contributed by atoms with Crippen LogP contribution in [0.1, 0.15) is 25.0 Å². The Labute approximate surface area is 110 Å². The number of aliphatic hydroxyl groups excluding tert-OH is 1. The van der Waals surface area contributed by atoms with Crippen molar-refractivity contribution in [2.45, 2.75) is 26.1 Å².